The maximum atomic E-state index is 13.1. The first-order valence-electron chi connectivity index (χ1n) is 11.4. The fourth-order valence-electron chi connectivity index (χ4n) is 4.20. The first kappa shape index (κ1) is 26.1. The molecule has 1 fully saturated rings. The van der Waals surface area contributed by atoms with Gasteiger partial charge in [0.15, 0.2) is 0 Å². The highest BCUT2D eigenvalue weighted by Gasteiger charge is 2.40. The summed E-state index contributed by atoms with van der Waals surface area (Å²) in [5, 5.41) is 34.6. The van der Waals surface area contributed by atoms with Crippen LogP contribution in [-0.2, 0) is 25.6 Å². The van der Waals surface area contributed by atoms with Crippen LogP contribution < -0.4 is 16.4 Å². The Labute approximate surface area is 201 Å². The van der Waals surface area contributed by atoms with Crippen LogP contribution in [0.3, 0.4) is 0 Å². The summed E-state index contributed by atoms with van der Waals surface area (Å²) >= 11 is 0. The molecule has 0 saturated carbocycles. The summed E-state index contributed by atoms with van der Waals surface area (Å²) < 4.78 is 0. The van der Waals surface area contributed by atoms with Crippen LogP contribution >= 0.6 is 0 Å². The lowest BCUT2D eigenvalue weighted by molar-refractivity contribution is -0.146. The van der Waals surface area contributed by atoms with Crippen molar-refractivity contribution >= 4 is 34.6 Å². The summed E-state index contributed by atoms with van der Waals surface area (Å²) in [6.45, 7) is 0.858. The zero-order chi connectivity index (χ0) is 25.7. The van der Waals surface area contributed by atoms with Crippen LogP contribution in [0.2, 0.25) is 0 Å². The molecule has 2 heterocycles. The number of carboxylic acid groups (broad SMARTS) is 1. The van der Waals surface area contributed by atoms with Gasteiger partial charge in [0.2, 0.25) is 17.7 Å². The number of hydrogen-bond donors (Lipinski definition) is 7. The van der Waals surface area contributed by atoms with Crippen LogP contribution in [0.25, 0.3) is 10.9 Å². The van der Waals surface area contributed by atoms with E-state index in [-0.39, 0.29) is 13.0 Å². The average molecular weight is 490 g/mol. The molecule has 0 bridgehead atoms. The molecule has 1 aliphatic rings. The number of likely N-dealkylation sites (tertiary alicyclic amines) is 1. The summed E-state index contributed by atoms with van der Waals surface area (Å²) in [6.07, 6.45) is 1.23. The molecule has 12 nitrogen and oxygen atoms in total. The Kier molecular flexibility index (Phi) is 8.43. The Morgan fingerprint density at radius 1 is 1.23 bits per heavy atom. The molecule has 12 heteroatoms. The number of carbonyl (C=O) groups is 4. The van der Waals surface area contributed by atoms with Gasteiger partial charge in [0, 0.05) is 30.1 Å². The van der Waals surface area contributed by atoms with E-state index in [1.807, 2.05) is 24.3 Å². The Bertz CT molecular complexity index is 1090. The number of carboxylic acids is 1. The molecular weight excluding hydrogens is 458 g/mol. The van der Waals surface area contributed by atoms with E-state index in [4.69, 9.17) is 10.8 Å². The summed E-state index contributed by atoms with van der Waals surface area (Å²) in [4.78, 5) is 54.5. The Morgan fingerprint density at radius 2 is 1.94 bits per heavy atom. The summed E-state index contributed by atoms with van der Waals surface area (Å²) in [6, 6.07) is 2.56. The van der Waals surface area contributed by atoms with E-state index in [2.05, 4.69) is 15.6 Å². The van der Waals surface area contributed by atoms with E-state index in [0.29, 0.717) is 12.8 Å². The average Bonchev–Trinajstić information content (AvgIpc) is 3.48. The number of amides is 3. The first-order valence-corrected chi connectivity index (χ1v) is 11.4. The van der Waals surface area contributed by atoms with Gasteiger partial charge in [-0.1, -0.05) is 18.2 Å². The minimum atomic E-state index is -1.38. The number of nitrogens with two attached hydrogens (primary N) is 1. The predicted molar refractivity (Wildman–Crippen MR) is 125 cm³/mol. The van der Waals surface area contributed by atoms with Gasteiger partial charge in [0.05, 0.1) is 12.7 Å². The Hall–Kier alpha value is -3.48. The van der Waals surface area contributed by atoms with Gasteiger partial charge < -0.3 is 41.6 Å². The molecule has 1 aliphatic heterocycles. The molecule has 3 rings (SSSR count). The Balaban J connectivity index is 1.72. The fraction of sp³-hybridized carbons (Fsp3) is 0.478. The van der Waals surface area contributed by atoms with Gasteiger partial charge in [-0.2, -0.15) is 0 Å². The number of H-pyrrole nitrogens is 1. The molecule has 5 unspecified atom stereocenters. The lowest BCUT2D eigenvalue weighted by atomic mass is 10.0. The predicted octanol–water partition coefficient (Wildman–Crippen LogP) is -1.54. The van der Waals surface area contributed by atoms with Gasteiger partial charge in [-0.25, -0.2) is 4.79 Å². The van der Waals surface area contributed by atoms with Crippen molar-refractivity contribution in [2.24, 2.45) is 5.73 Å². The van der Waals surface area contributed by atoms with E-state index in [1.54, 1.807) is 6.20 Å². The number of para-hydroxylation sites is 1. The summed E-state index contributed by atoms with van der Waals surface area (Å²) in [5.74, 6) is -3.37. The molecule has 0 spiro atoms. The quantitative estimate of drug-likeness (QED) is 0.208. The zero-order valence-electron chi connectivity index (χ0n) is 19.3. The number of rotatable bonds is 10. The van der Waals surface area contributed by atoms with Crippen LogP contribution in [0, 0.1) is 0 Å². The van der Waals surface area contributed by atoms with Gasteiger partial charge in [-0.15, -0.1) is 0 Å². The largest absolute Gasteiger partial charge is 0.480 e. The highest BCUT2D eigenvalue weighted by molar-refractivity contribution is 5.95. The minimum Gasteiger partial charge on any atom is -0.480 e. The standard InChI is InChI=1S/C23H31N5O7/c1-12(30)19(27-20(31)15(24)11-29)22(33)28-8-4-7-18(28)21(32)26-17(23(34)35)9-13-10-25-16-6-3-2-5-14(13)16/h2-3,5-6,10,12,15,17-19,25,29-30H,4,7-9,11,24H2,1H3,(H,26,32)(H,27,31)(H,34,35). The van der Waals surface area contributed by atoms with Crippen molar-refractivity contribution in [3.63, 3.8) is 0 Å². The smallest absolute Gasteiger partial charge is 0.326 e. The number of aliphatic hydroxyl groups is 2. The highest BCUT2D eigenvalue weighted by atomic mass is 16.4. The molecule has 1 aromatic carbocycles. The van der Waals surface area contributed by atoms with Crippen molar-refractivity contribution in [2.45, 2.75) is 56.5 Å². The van der Waals surface area contributed by atoms with E-state index in [9.17, 15) is 29.4 Å². The van der Waals surface area contributed by atoms with Crippen LogP contribution in [0.1, 0.15) is 25.3 Å². The SMILES string of the molecule is CC(O)C(NC(=O)C(N)CO)C(=O)N1CCCC1C(=O)NC(Cc1c[nH]c2ccccc12)C(=O)O. The lowest BCUT2D eigenvalue weighted by Gasteiger charge is -2.31. The minimum absolute atomic E-state index is 0.0388. The van der Waals surface area contributed by atoms with Gasteiger partial charge in [-0.05, 0) is 31.4 Å². The number of aliphatic carboxylic acids is 1. The number of hydrogen-bond acceptors (Lipinski definition) is 7. The van der Waals surface area contributed by atoms with Gasteiger partial charge in [0.25, 0.3) is 0 Å². The normalized spacial score (nSPS) is 19.1. The molecule has 2 aromatic rings. The van der Waals surface area contributed by atoms with Gasteiger partial charge in [-0.3, -0.25) is 14.4 Å². The third-order valence-corrected chi connectivity index (χ3v) is 6.13. The van der Waals surface area contributed by atoms with Crippen molar-refractivity contribution in [3.8, 4) is 0 Å². The molecule has 5 atom stereocenters. The van der Waals surface area contributed by atoms with Crippen LogP contribution in [0.4, 0.5) is 0 Å². The molecule has 0 aliphatic carbocycles. The second-order valence-corrected chi connectivity index (χ2v) is 8.67. The molecular formula is C23H31N5O7. The maximum Gasteiger partial charge on any atom is 0.326 e. The van der Waals surface area contributed by atoms with Crippen molar-refractivity contribution < 1.29 is 34.5 Å². The fourth-order valence-corrected chi connectivity index (χ4v) is 4.20. The molecule has 1 saturated heterocycles. The second kappa shape index (κ2) is 11.3. The number of carbonyl (C=O) groups excluding carboxylic acids is 3. The molecule has 190 valence electrons. The van der Waals surface area contributed by atoms with E-state index >= 15 is 0 Å². The van der Waals surface area contributed by atoms with E-state index in [1.165, 1.54) is 11.8 Å². The van der Waals surface area contributed by atoms with E-state index < -0.39 is 60.6 Å². The molecule has 8 N–H and O–H groups in total. The van der Waals surface area contributed by atoms with Crippen LogP contribution in [0.5, 0.6) is 0 Å². The topological polar surface area (TPSA) is 198 Å². The highest BCUT2D eigenvalue weighted by Crippen LogP contribution is 2.22. The van der Waals surface area contributed by atoms with Crippen LogP contribution in [0.15, 0.2) is 30.5 Å². The Morgan fingerprint density at radius 3 is 2.60 bits per heavy atom. The van der Waals surface area contributed by atoms with Crippen molar-refractivity contribution in [1.29, 1.82) is 0 Å². The van der Waals surface area contributed by atoms with Crippen molar-refractivity contribution in [3.05, 3.63) is 36.0 Å². The summed E-state index contributed by atoms with van der Waals surface area (Å²) in [5.41, 5.74) is 7.05. The lowest BCUT2D eigenvalue weighted by Crippen LogP contribution is -2.60. The van der Waals surface area contributed by atoms with Crippen molar-refractivity contribution in [1.82, 2.24) is 20.5 Å². The maximum absolute atomic E-state index is 13.1. The first-order chi connectivity index (χ1) is 16.6. The number of nitrogens with zero attached hydrogens (tertiary/aromatic N) is 1. The third kappa shape index (κ3) is 5.96. The number of nitrogens with one attached hydrogen (secondary N) is 3. The number of fused-ring (bicyclic) bond motifs is 1. The van der Waals surface area contributed by atoms with Crippen LogP contribution in [-0.4, -0.2) is 92.3 Å². The number of aliphatic hydroxyl groups excluding tert-OH is 2. The third-order valence-electron chi connectivity index (χ3n) is 6.13. The number of aromatic nitrogens is 1. The molecule has 0 radical (unpaired) electrons. The number of benzene rings is 1. The van der Waals surface area contributed by atoms with E-state index in [0.717, 1.165) is 16.5 Å². The molecule has 3 amide bonds. The molecule has 1 aromatic heterocycles. The molecule has 35 heavy (non-hydrogen) atoms. The van der Waals surface area contributed by atoms with Gasteiger partial charge >= 0.3 is 5.97 Å². The number of aromatic amines is 1. The second-order valence-electron chi connectivity index (χ2n) is 8.67. The zero-order valence-corrected chi connectivity index (χ0v) is 19.3. The van der Waals surface area contributed by atoms with Gasteiger partial charge in [0.1, 0.15) is 24.2 Å². The summed E-state index contributed by atoms with van der Waals surface area (Å²) in [7, 11) is 0. The van der Waals surface area contributed by atoms with Crippen molar-refractivity contribution in [2.75, 3.05) is 13.2 Å². The monoisotopic (exact) mass is 489 g/mol.